The van der Waals surface area contributed by atoms with Crippen LogP contribution in [-0.2, 0) is 17.8 Å². The molecule has 0 radical (unpaired) electrons. The van der Waals surface area contributed by atoms with Gasteiger partial charge in [-0.3, -0.25) is 4.79 Å². The average Bonchev–Trinajstić information content (AvgIpc) is 3.18. The second-order valence-corrected chi connectivity index (χ2v) is 6.85. The smallest absolute Gasteiger partial charge is 0.220 e. The molecule has 0 aliphatic carbocycles. The second-order valence-electron chi connectivity index (χ2n) is 6.85. The van der Waals surface area contributed by atoms with Gasteiger partial charge in [-0.1, -0.05) is 50.1 Å². The van der Waals surface area contributed by atoms with Crippen molar-refractivity contribution in [1.29, 1.82) is 0 Å². The Bertz CT molecular complexity index is 650. The Hall–Kier alpha value is -2.10. The molecule has 2 heterocycles. The van der Waals surface area contributed by atoms with E-state index < -0.39 is 0 Å². The Morgan fingerprint density at radius 1 is 1.33 bits per heavy atom. The number of imidazole rings is 1. The highest BCUT2D eigenvalue weighted by Gasteiger charge is 2.24. The van der Waals surface area contributed by atoms with Crippen LogP contribution in [0.25, 0.3) is 0 Å². The highest BCUT2D eigenvalue weighted by molar-refractivity contribution is 5.78. The Morgan fingerprint density at radius 3 is 2.88 bits per heavy atom. The Labute approximate surface area is 144 Å². The second kappa shape index (κ2) is 8.13. The van der Waals surface area contributed by atoms with Crippen LogP contribution in [-0.4, -0.2) is 21.5 Å². The SMILES string of the molecule is CCCC(Cc1nccn1Cc1ccccc1)CC1CCC(=O)N1. The van der Waals surface area contributed by atoms with Gasteiger partial charge in [0, 0.05) is 37.8 Å². The summed E-state index contributed by atoms with van der Waals surface area (Å²) in [7, 11) is 0. The minimum absolute atomic E-state index is 0.209. The first-order chi connectivity index (χ1) is 11.7. The minimum atomic E-state index is 0.209. The monoisotopic (exact) mass is 325 g/mol. The van der Waals surface area contributed by atoms with E-state index in [2.05, 4.69) is 52.3 Å². The number of nitrogens with zero attached hydrogens (tertiary/aromatic N) is 2. The summed E-state index contributed by atoms with van der Waals surface area (Å²) in [5.41, 5.74) is 1.30. The Kier molecular flexibility index (Phi) is 5.68. The molecule has 0 spiro atoms. The van der Waals surface area contributed by atoms with Gasteiger partial charge in [-0.2, -0.15) is 0 Å². The van der Waals surface area contributed by atoms with Crippen molar-refractivity contribution in [1.82, 2.24) is 14.9 Å². The zero-order valence-corrected chi connectivity index (χ0v) is 14.4. The lowest BCUT2D eigenvalue weighted by Gasteiger charge is -2.20. The summed E-state index contributed by atoms with van der Waals surface area (Å²) in [4.78, 5) is 16.0. The van der Waals surface area contributed by atoms with Crippen LogP contribution < -0.4 is 5.32 Å². The quantitative estimate of drug-likeness (QED) is 0.806. The summed E-state index contributed by atoms with van der Waals surface area (Å²) in [6, 6.07) is 10.9. The third kappa shape index (κ3) is 4.47. The summed E-state index contributed by atoms with van der Waals surface area (Å²) in [6.07, 6.45) is 10.1. The van der Waals surface area contributed by atoms with Crippen molar-refractivity contribution >= 4 is 5.91 Å². The molecule has 1 aliphatic heterocycles. The standard InChI is InChI=1S/C20H27N3O/c1-2-6-17(13-18-9-10-20(24)22-18)14-19-21-11-12-23(19)15-16-7-4-3-5-8-16/h3-5,7-8,11-12,17-18H,2,6,9-10,13-15H2,1H3,(H,22,24). The van der Waals surface area contributed by atoms with Gasteiger partial charge in [-0.05, 0) is 24.3 Å². The Balaban J connectivity index is 1.64. The third-order valence-electron chi connectivity index (χ3n) is 4.87. The number of aromatic nitrogens is 2. The van der Waals surface area contributed by atoms with E-state index in [0.717, 1.165) is 31.6 Å². The lowest BCUT2D eigenvalue weighted by molar-refractivity contribution is -0.119. The van der Waals surface area contributed by atoms with Gasteiger partial charge < -0.3 is 9.88 Å². The molecule has 24 heavy (non-hydrogen) atoms. The lowest BCUT2D eigenvalue weighted by atomic mass is 9.91. The van der Waals surface area contributed by atoms with E-state index in [4.69, 9.17) is 0 Å². The van der Waals surface area contributed by atoms with Crippen LogP contribution in [0.1, 0.15) is 50.4 Å². The van der Waals surface area contributed by atoms with Crippen LogP contribution in [0.3, 0.4) is 0 Å². The number of nitrogens with one attached hydrogen (secondary N) is 1. The largest absolute Gasteiger partial charge is 0.353 e. The van der Waals surface area contributed by atoms with Crippen LogP contribution in [0, 0.1) is 5.92 Å². The molecular weight excluding hydrogens is 298 g/mol. The molecule has 1 saturated heterocycles. The zero-order valence-electron chi connectivity index (χ0n) is 14.4. The number of carbonyl (C=O) groups excluding carboxylic acids is 1. The summed E-state index contributed by atoms with van der Waals surface area (Å²) >= 11 is 0. The fourth-order valence-electron chi connectivity index (χ4n) is 3.68. The number of carbonyl (C=O) groups is 1. The van der Waals surface area contributed by atoms with Crippen LogP contribution in [0.4, 0.5) is 0 Å². The van der Waals surface area contributed by atoms with E-state index in [1.807, 2.05) is 12.3 Å². The van der Waals surface area contributed by atoms with Gasteiger partial charge in [-0.25, -0.2) is 4.98 Å². The molecule has 1 fully saturated rings. The molecule has 4 nitrogen and oxygen atoms in total. The molecule has 1 aromatic heterocycles. The number of rotatable bonds is 8. The van der Waals surface area contributed by atoms with E-state index in [-0.39, 0.29) is 5.91 Å². The summed E-state index contributed by atoms with van der Waals surface area (Å²) in [5.74, 6) is 1.94. The van der Waals surface area contributed by atoms with Crippen LogP contribution >= 0.6 is 0 Å². The molecule has 2 aromatic rings. The van der Waals surface area contributed by atoms with E-state index in [0.29, 0.717) is 18.4 Å². The van der Waals surface area contributed by atoms with Crippen LogP contribution in [0.15, 0.2) is 42.7 Å². The molecule has 1 aliphatic rings. The minimum Gasteiger partial charge on any atom is -0.353 e. The molecule has 4 heteroatoms. The summed E-state index contributed by atoms with van der Waals surface area (Å²) in [5, 5.41) is 3.11. The first-order valence-electron chi connectivity index (χ1n) is 9.08. The molecule has 1 N–H and O–H groups in total. The maximum atomic E-state index is 11.4. The highest BCUT2D eigenvalue weighted by Crippen LogP contribution is 2.23. The third-order valence-corrected chi connectivity index (χ3v) is 4.87. The fourth-order valence-corrected chi connectivity index (χ4v) is 3.68. The molecule has 2 atom stereocenters. The molecular formula is C20H27N3O. The number of hydrogen-bond donors (Lipinski definition) is 1. The molecule has 1 amide bonds. The zero-order chi connectivity index (χ0) is 16.8. The molecule has 1 aromatic carbocycles. The molecule has 128 valence electrons. The number of amides is 1. The van der Waals surface area contributed by atoms with E-state index >= 15 is 0 Å². The van der Waals surface area contributed by atoms with Gasteiger partial charge >= 0.3 is 0 Å². The Morgan fingerprint density at radius 2 is 2.17 bits per heavy atom. The molecule has 0 bridgehead atoms. The summed E-state index contributed by atoms with van der Waals surface area (Å²) < 4.78 is 2.26. The van der Waals surface area contributed by atoms with Gasteiger partial charge in [0.15, 0.2) is 0 Å². The predicted octanol–water partition coefficient (Wildman–Crippen LogP) is 3.56. The van der Waals surface area contributed by atoms with Crippen molar-refractivity contribution in [2.75, 3.05) is 0 Å². The lowest BCUT2D eigenvalue weighted by Crippen LogP contribution is -2.28. The summed E-state index contributed by atoms with van der Waals surface area (Å²) in [6.45, 7) is 3.10. The van der Waals surface area contributed by atoms with Gasteiger partial charge in [0.2, 0.25) is 5.91 Å². The molecule has 0 saturated carbocycles. The maximum Gasteiger partial charge on any atom is 0.220 e. The number of benzene rings is 1. The topological polar surface area (TPSA) is 46.9 Å². The van der Waals surface area contributed by atoms with Crippen molar-refractivity contribution < 1.29 is 4.79 Å². The van der Waals surface area contributed by atoms with Crippen LogP contribution in [0.2, 0.25) is 0 Å². The van der Waals surface area contributed by atoms with E-state index in [1.54, 1.807) is 0 Å². The molecule has 3 rings (SSSR count). The predicted molar refractivity (Wildman–Crippen MR) is 95.7 cm³/mol. The normalized spacial score (nSPS) is 18.5. The van der Waals surface area contributed by atoms with Gasteiger partial charge in [0.25, 0.3) is 0 Å². The van der Waals surface area contributed by atoms with Crippen molar-refractivity contribution in [3.05, 3.63) is 54.1 Å². The number of hydrogen-bond acceptors (Lipinski definition) is 2. The fraction of sp³-hybridized carbons (Fsp3) is 0.500. The first kappa shape index (κ1) is 16.7. The van der Waals surface area contributed by atoms with Gasteiger partial charge in [-0.15, -0.1) is 0 Å². The van der Waals surface area contributed by atoms with Crippen molar-refractivity contribution in [2.24, 2.45) is 5.92 Å². The van der Waals surface area contributed by atoms with Crippen molar-refractivity contribution in [3.63, 3.8) is 0 Å². The van der Waals surface area contributed by atoms with Crippen molar-refractivity contribution in [3.8, 4) is 0 Å². The molecule has 2 unspecified atom stereocenters. The van der Waals surface area contributed by atoms with E-state index in [1.165, 1.54) is 18.4 Å². The average molecular weight is 325 g/mol. The van der Waals surface area contributed by atoms with Crippen LogP contribution in [0.5, 0.6) is 0 Å². The first-order valence-corrected chi connectivity index (χ1v) is 9.08. The van der Waals surface area contributed by atoms with Gasteiger partial charge in [0.1, 0.15) is 5.82 Å². The van der Waals surface area contributed by atoms with Gasteiger partial charge in [0.05, 0.1) is 0 Å². The maximum absolute atomic E-state index is 11.4. The highest BCUT2D eigenvalue weighted by atomic mass is 16.1. The van der Waals surface area contributed by atoms with E-state index in [9.17, 15) is 4.79 Å². The van der Waals surface area contributed by atoms with Crippen molar-refractivity contribution in [2.45, 2.75) is 58.0 Å².